The lowest BCUT2D eigenvalue weighted by atomic mass is 9.98. The number of hydrogen-bond donors (Lipinski definition) is 2. The summed E-state index contributed by atoms with van der Waals surface area (Å²) in [6, 6.07) is 15.6. The highest BCUT2D eigenvalue weighted by molar-refractivity contribution is 5.80. The van der Waals surface area contributed by atoms with Crippen molar-refractivity contribution in [2.24, 2.45) is 11.7 Å². The lowest BCUT2D eigenvalue weighted by molar-refractivity contribution is -0.123. The maximum atomic E-state index is 12.9. The molecule has 1 atom stereocenters. The average Bonchev–Trinajstić information content (AvgIpc) is 2.59. The van der Waals surface area contributed by atoms with Crippen molar-refractivity contribution in [2.45, 2.75) is 19.3 Å². The normalized spacial score (nSPS) is 11.7. The van der Waals surface area contributed by atoms with Crippen LogP contribution in [0.1, 0.15) is 17.5 Å². The van der Waals surface area contributed by atoms with E-state index in [1.54, 1.807) is 12.1 Å². The Bertz CT molecular complexity index is 672. The molecule has 3 N–H and O–H groups in total. The summed E-state index contributed by atoms with van der Waals surface area (Å²) in [6.45, 7) is 0.181. The zero-order valence-corrected chi connectivity index (χ0v) is 13.4. The largest absolute Gasteiger partial charge is 0.369 e. The maximum absolute atomic E-state index is 12.9. The molecule has 0 saturated carbocycles. The van der Waals surface area contributed by atoms with E-state index >= 15 is 0 Å². The summed E-state index contributed by atoms with van der Waals surface area (Å²) in [5.41, 5.74) is 7.29. The van der Waals surface area contributed by atoms with Crippen LogP contribution in [0.2, 0.25) is 0 Å². The number of primary amides is 1. The topological polar surface area (TPSA) is 72.2 Å². The van der Waals surface area contributed by atoms with Crippen LogP contribution in [-0.2, 0) is 22.4 Å². The molecule has 2 aromatic carbocycles. The highest BCUT2D eigenvalue weighted by Gasteiger charge is 2.17. The van der Waals surface area contributed by atoms with Crippen molar-refractivity contribution in [1.29, 1.82) is 0 Å². The first-order chi connectivity index (χ1) is 11.5. The lowest BCUT2D eigenvalue weighted by Crippen LogP contribution is -2.37. The number of aryl methyl sites for hydroxylation is 1. The minimum Gasteiger partial charge on any atom is -0.369 e. The molecule has 0 aliphatic rings. The second-order valence-electron chi connectivity index (χ2n) is 5.72. The van der Waals surface area contributed by atoms with Gasteiger partial charge in [-0.1, -0.05) is 42.5 Å². The van der Waals surface area contributed by atoms with E-state index < -0.39 is 11.8 Å². The Labute approximate surface area is 140 Å². The Morgan fingerprint density at radius 1 is 1.00 bits per heavy atom. The van der Waals surface area contributed by atoms with Gasteiger partial charge in [0.1, 0.15) is 5.82 Å². The van der Waals surface area contributed by atoms with Gasteiger partial charge < -0.3 is 11.1 Å². The standard InChI is InChI=1S/C19H21FN2O2/c20-17-9-6-15(7-10-17)12-16(19(21)24)13-22-18(23)11-8-14-4-2-1-3-5-14/h1-7,9-10,16H,8,11-13H2,(H2,21,24)(H,22,23)/t16-/m0/s1. The zero-order valence-electron chi connectivity index (χ0n) is 13.4. The van der Waals surface area contributed by atoms with Crippen molar-refractivity contribution >= 4 is 11.8 Å². The third-order valence-corrected chi connectivity index (χ3v) is 3.83. The molecule has 2 rings (SSSR count). The molecule has 0 fully saturated rings. The van der Waals surface area contributed by atoms with Gasteiger partial charge in [0.15, 0.2) is 0 Å². The summed E-state index contributed by atoms with van der Waals surface area (Å²) in [6.07, 6.45) is 1.37. The van der Waals surface area contributed by atoms with Crippen molar-refractivity contribution in [3.8, 4) is 0 Å². The van der Waals surface area contributed by atoms with E-state index in [4.69, 9.17) is 5.73 Å². The van der Waals surface area contributed by atoms with E-state index in [2.05, 4.69) is 5.32 Å². The number of carbonyl (C=O) groups is 2. The zero-order chi connectivity index (χ0) is 17.4. The number of rotatable bonds is 8. The molecule has 0 unspecified atom stereocenters. The third kappa shape index (κ3) is 5.83. The summed E-state index contributed by atoms with van der Waals surface area (Å²) in [5, 5.41) is 2.75. The van der Waals surface area contributed by atoms with Crippen molar-refractivity contribution in [1.82, 2.24) is 5.32 Å². The number of nitrogens with two attached hydrogens (primary N) is 1. The van der Waals surface area contributed by atoms with Crippen LogP contribution >= 0.6 is 0 Å². The highest BCUT2D eigenvalue weighted by atomic mass is 19.1. The molecule has 0 spiro atoms. The summed E-state index contributed by atoms with van der Waals surface area (Å²) < 4.78 is 12.9. The monoisotopic (exact) mass is 328 g/mol. The van der Waals surface area contributed by atoms with E-state index in [9.17, 15) is 14.0 Å². The average molecular weight is 328 g/mol. The molecule has 0 aliphatic heterocycles. The van der Waals surface area contributed by atoms with Crippen LogP contribution < -0.4 is 11.1 Å². The van der Waals surface area contributed by atoms with Gasteiger partial charge >= 0.3 is 0 Å². The number of nitrogens with one attached hydrogen (secondary N) is 1. The lowest BCUT2D eigenvalue weighted by Gasteiger charge is -2.14. The van der Waals surface area contributed by atoms with Crippen LogP contribution in [-0.4, -0.2) is 18.4 Å². The fourth-order valence-corrected chi connectivity index (χ4v) is 2.41. The van der Waals surface area contributed by atoms with E-state index in [1.807, 2.05) is 30.3 Å². The Morgan fingerprint density at radius 2 is 1.67 bits per heavy atom. The number of amides is 2. The molecule has 0 saturated heterocycles. The van der Waals surface area contributed by atoms with Gasteiger partial charge in [-0.2, -0.15) is 0 Å². The molecule has 2 aromatic rings. The van der Waals surface area contributed by atoms with Crippen LogP contribution in [0.4, 0.5) is 4.39 Å². The Balaban J connectivity index is 1.81. The Hall–Kier alpha value is -2.69. The minimum absolute atomic E-state index is 0.121. The molecule has 0 bridgehead atoms. The van der Waals surface area contributed by atoms with Crippen LogP contribution in [0.25, 0.3) is 0 Å². The number of halogens is 1. The van der Waals surface area contributed by atoms with Gasteiger partial charge in [-0.25, -0.2) is 4.39 Å². The number of hydrogen-bond acceptors (Lipinski definition) is 2. The molecular weight excluding hydrogens is 307 g/mol. The summed E-state index contributed by atoms with van der Waals surface area (Å²) in [7, 11) is 0. The highest BCUT2D eigenvalue weighted by Crippen LogP contribution is 2.10. The van der Waals surface area contributed by atoms with Crippen LogP contribution in [0.5, 0.6) is 0 Å². The third-order valence-electron chi connectivity index (χ3n) is 3.83. The van der Waals surface area contributed by atoms with Gasteiger partial charge in [0.2, 0.25) is 11.8 Å². The fraction of sp³-hybridized carbons (Fsp3) is 0.263. The van der Waals surface area contributed by atoms with Crippen molar-refractivity contribution in [3.63, 3.8) is 0 Å². The molecule has 0 aromatic heterocycles. The molecule has 2 amide bonds. The predicted molar refractivity (Wildman–Crippen MR) is 90.6 cm³/mol. The van der Waals surface area contributed by atoms with Gasteiger partial charge in [0.25, 0.3) is 0 Å². The Morgan fingerprint density at radius 3 is 2.29 bits per heavy atom. The molecular formula is C19H21FN2O2. The van der Waals surface area contributed by atoms with Gasteiger partial charge in [-0.05, 0) is 36.1 Å². The van der Waals surface area contributed by atoms with Crippen LogP contribution in [0, 0.1) is 11.7 Å². The van der Waals surface area contributed by atoms with Gasteiger partial charge in [0, 0.05) is 13.0 Å². The van der Waals surface area contributed by atoms with Crippen molar-refractivity contribution < 1.29 is 14.0 Å². The molecule has 5 heteroatoms. The fourth-order valence-electron chi connectivity index (χ4n) is 2.41. The first-order valence-electron chi connectivity index (χ1n) is 7.89. The molecule has 126 valence electrons. The summed E-state index contributed by atoms with van der Waals surface area (Å²) in [4.78, 5) is 23.5. The maximum Gasteiger partial charge on any atom is 0.222 e. The first kappa shape index (κ1) is 17.7. The second-order valence-corrected chi connectivity index (χ2v) is 5.72. The Kier molecular flexibility index (Phi) is 6.49. The van der Waals surface area contributed by atoms with Gasteiger partial charge in [0.05, 0.1) is 5.92 Å². The van der Waals surface area contributed by atoms with E-state index in [1.165, 1.54) is 12.1 Å². The molecule has 24 heavy (non-hydrogen) atoms. The predicted octanol–water partition coefficient (Wildman–Crippen LogP) is 2.22. The van der Waals surface area contributed by atoms with Gasteiger partial charge in [-0.15, -0.1) is 0 Å². The summed E-state index contributed by atoms with van der Waals surface area (Å²) >= 11 is 0. The first-order valence-corrected chi connectivity index (χ1v) is 7.89. The summed E-state index contributed by atoms with van der Waals surface area (Å²) in [5.74, 6) is -1.45. The quantitative estimate of drug-likeness (QED) is 0.780. The number of benzene rings is 2. The molecule has 0 heterocycles. The van der Waals surface area contributed by atoms with Crippen molar-refractivity contribution in [2.75, 3.05) is 6.54 Å². The van der Waals surface area contributed by atoms with Crippen molar-refractivity contribution in [3.05, 3.63) is 71.5 Å². The molecule has 0 aliphatic carbocycles. The second kappa shape index (κ2) is 8.82. The SMILES string of the molecule is NC(=O)[C@H](CNC(=O)CCc1ccccc1)Cc1ccc(F)cc1. The smallest absolute Gasteiger partial charge is 0.222 e. The minimum atomic E-state index is -0.517. The van der Waals surface area contributed by atoms with Gasteiger partial charge in [-0.3, -0.25) is 9.59 Å². The van der Waals surface area contributed by atoms with Crippen LogP contribution in [0.3, 0.4) is 0 Å². The van der Waals surface area contributed by atoms with Crippen LogP contribution in [0.15, 0.2) is 54.6 Å². The van der Waals surface area contributed by atoms with E-state index in [-0.39, 0.29) is 18.3 Å². The van der Waals surface area contributed by atoms with E-state index in [0.29, 0.717) is 19.3 Å². The van der Waals surface area contributed by atoms with E-state index in [0.717, 1.165) is 11.1 Å². The molecule has 0 radical (unpaired) electrons. The molecule has 4 nitrogen and oxygen atoms in total. The number of carbonyl (C=O) groups excluding carboxylic acids is 2.